The zero-order valence-electron chi connectivity index (χ0n) is 10.9. The Bertz CT molecular complexity index is 626. The number of rotatable bonds is 2. The fourth-order valence-corrected chi connectivity index (χ4v) is 1.77. The lowest BCUT2D eigenvalue weighted by atomic mass is 10.3. The molecule has 0 fully saturated rings. The van der Waals surface area contributed by atoms with Crippen LogP contribution in [-0.2, 0) is 0 Å². The number of nitrogens with zero attached hydrogens (tertiary/aromatic N) is 4. The first-order valence-corrected chi connectivity index (χ1v) is 6.19. The summed E-state index contributed by atoms with van der Waals surface area (Å²) in [7, 11) is 0. The van der Waals surface area contributed by atoms with Gasteiger partial charge in [0.25, 0.3) is 11.8 Å². The van der Waals surface area contributed by atoms with Gasteiger partial charge in [-0.3, -0.25) is 29.4 Å². The van der Waals surface area contributed by atoms with Crippen LogP contribution in [0.4, 0.5) is 0 Å². The van der Waals surface area contributed by atoms with Crippen molar-refractivity contribution >= 4 is 11.8 Å². The average Bonchev–Trinajstić information content (AvgIpc) is 3.05. The Morgan fingerprint density at radius 1 is 0.810 bits per heavy atom. The van der Waals surface area contributed by atoms with Crippen LogP contribution in [0.5, 0.6) is 0 Å². The van der Waals surface area contributed by atoms with E-state index in [1.807, 2.05) is 0 Å². The predicted octanol–water partition coefficient (Wildman–Crippen LogP) is 1.54. The number of aromatic nitrogens is 2. The molecule has 0 spiro atoms. The monoisotopic (exact) mass is 278 g/mol. The fourth-order valence-electron chi connectivity index (χ4n) is 1.77. The zero-order valence-corrected chi connectivity index (χ0v) is 10.9. The van der Waals surface area contributed by atoms with Crippen LogP contribution in [0.2, 0.25) is 0 Å². The number of carbonyl (C=O) groups is 2. The highest BCUT2D eigenvalue weighted by Gasteiger charge is 2.27. The standard InChI is InChI=1S/C15H10N4O2/c20-14(12-5-1-3-7-16-12)18-9-10-19(11-18)15(21)13-6-2-4-8-17-13/h1-10H. The van der Waals surface area contributed by atoms with Gasteiger partial charge in [0.1, 0.15) is 11.4 Å². The summed E-state index contributed by atoms with van der Waals surface area (Å²) in [6.07, 6.45) is 5.98. The number of hydrogen-bond acceptors (Lipinski definition) is 4. The minimum atomic E-state index is -0.358. The van der Waals surface area contributed by atoms with Crippen molar-refractivity contribution in [3.63, 3.8) is 0 Å². The molecule has 0 aromatic carbocycles. The van der Waals surface area contributed by atoms with Crippen LogP contribution in [0.1, 0.15) is 21.0 Å². The molecule has 0 saturated carbocycles. The first kappa shape index (κ1) is 13.0. The minimum Gasteiger partial charge on any atom is -0.280 e. The van der Waals surface area contributed by atoms with Crippen LogP contribution in [0.25, 0.3) is 0 Å². The second kappa shape index (κ2) is 5.54. The molecule has 6 heteroatoms. The molecule has 2 radical (unpaired) electrons. The van der Waals surface area contributed by atoms with Crippen molar-refractivity contribution in [2.75, 3.05) is 0 Å². The molecular formula is C15H10N4O2. The van der Waals surface area contributed by atoms with Crippen LogP contribution in [0.3, 0.4) is 0 Å². The van der Waals surface area contributed by atoms with E-state index in [1.54, 1.807) is 36.4 Å². The Hall–Kier alpha value is -3.02. The lowest BCUT2D eigenvalue weighted by Crippen LogP contribution is -2.29. The van der Waals surface area contributed by atoms with Gasteiger partial charge in [0.05, 0.1) is 0 Å². The average molecular weight is 278 g/mol. The molecule has 2 aromatic heterocycles. The first-order valence-electron chi connectivity index (χ1n) is 6.19. The Morgan fingerprint density at radius 2 is 1.29 bits per heavy atom. The van der Waals surface area contributed by atoms with Gasteiger partial charge in [0.2, 0.25) is 6.67 Å². The lowest BCUT2D eigenvalue weighted by Gasteiger charge is -2.15. The highest BCUT2D eigenvalue weighted by atomic mass is 16.2. The molecule has 1 aliphatic heterocycles. The Morgan fingerprint density at radius 3 is 1.67 bits per heavy atom. The molecule has 0 aliphatic carbocycles. The second-order valence-corrected chi connectivity index (χ2v) is 4.18. The van der Waals surface area contributed by atoms with Crippen LogP contribution in [0.15, 0.2) is 61.2 Å². The van der Waals surface area contributed by atoms with Gasteiger partial charge in [-0.15, -0.1) is 0 Å². The topological polar surface area (TPSA) is 66.4 Å². The highest BCUT2D eigenvalue weighted by molar-refractivity contribution is 5.97. The van der Waals surface area contributed by atoms with E-state index in [0.29, 0.717) is 0 Å². The van der Waals surface area contributed by atoms with Crippen LogP contribution >= 0.6 is 0 Å². The van der Waals surface area contributed by atoms with E-state index in [0.717, 1.165) is 0 Å². The molecule has 0 saturated heterocycles. The molecule has 2 amide bonds. The molecule has 21 heavy (non-hydrogen) atoms. The van der Waals surface area contributed by atoms with E-state index >= 15 is 0 Å². The van der Waals surface area contributed by atoms with Crippen LogP contribution in [-0.4, -0.2) is 31.6 Å². The van der Waals surface area contributed by atoms with Crippen molar-refractivity contribution in [3.8, 4) is 0 Å². The maximum Gasteiger partial charge on any atom is 0.278 e. The molecule has 2 aromatic rings. The number of hydrogen-bond donors (Lipinski definition) is 0. The third kappa shape index (κ3) is 2.64. The summed E-state index contributed by atoms with van der Waals surface area (Å²) >= 11 is 0. The predicted molar refractivity (Wildman–Crippen MR) is 73.2 cm³/mol. The smallest absolute Gasteiger partial charge is 0.278 e. The molecule has 6 nitrogen and oxygen atoms in total. The van der Waals surface area contributed by atoms with Gasteiger partial charge in [-0.05, 0) is 24.3 Å². The van der Waals surface area contributed by atoms with Gasteiger partial charge in [0, 0.05) is 24.8 Å². The largest absolute Gasteiger partial charge is 0.280 e. The number of pyridine rings is 2. The SMILES string of the molecule is O=C(c1ccccn1)N1[C]N(C(=O)c2ccccn2)C=C1. The summed E-state index contributed by atoms with van der Waals surface area (Å²) in [5.41, 5.74) is 0.559. The van der Waals surface area contributed by atoms with Gasteiger partial charge in [-0.2, -0.15) is 0 Å². The third-order valence-corrected chi connectivity index (χ3v) is 2.79. The minimum absolute atomic E-state index is 0.279. The molecule has 102 valence electrons. The van der Waals surface area contributed by atoms with Gasteiger partial charge in [-0.25, -0.2) is 0 Å². The molecule has 1 aliphatic rings. The maximum atomic E-state index is 12.1. The van der Waals surface area contributed by atoms with E-state index < -0.39 is 0 Å². The summed E-state index contributed by atoms with van der Waals surface area (Å²) < 4.78 is 0. The molecule has 0 atom stereocenters. The third-order valence-electron chi connectivity index (χ3n) is 2.79. The van der Waals surface area contributed by atoms with Crippen LogP contribution < -0.4 is 0 Å². The lowest BCUT2D eigenvalue weighted by molar-refractivity contribution is 0.0779. The molecule has 3 heterocycles. The first-order chi connectivity index (χ1) is 10.3. The summed E-state index contributed by atoms with van der Waals surface area (Å²) in [5, 5.41) is 0. The normalized spacial score (nSPS) is 13.5. The Kier molecular flexibility index (Phi) is 3.42. The van der Waals surface area contributed by atoms with E-state index in [4.69, 9.17) is 0 Å². The van der Waals surface area contributed by atoms with Crippen molar-refractivity contribution in [1.82, 2.24) is 19.8 Å². The van der Waals surface area contributed by atoms with E-state index in [2.05, 4.69) is 16.6 Å². The summed E-state index contributed by atoms with van der Waals surface area (Å²) in [5.74, 6) is -0.716. The van der Waals surface area contributed by atoms with E-state index in [-0.39, 0.29) is 23.2 Å². The van der Waals surface area contributed by atoms with Gasteiger partial charge in [0.15, 0.2) is 0 Å². The maximum absolute atomic E-state index is 12.1. The van der Waals surface area contributed by atoms with E-state index in [9.17, 15) is 9.59 Å². The van der Waals surface area contributed by atoms with Crippen molar-refractivity contribution in [2.24, 2.45) is 0 Å². The molecule has 0 bridgehead atoms. The number of amides is 2. The summed E-state index contributed by atoms with van der Waals surface area (Å²) in [6, 6.07) is 10.1. The second-order valence-electron chi connectivity index (χ2n) is 4.18. The Labute approximate surface area is 121 Å². The molecular weight excluding hydrogens is 268 g/mol. The van der Waals surface area contributed by atoms with Gasteiger partial charge in [-0.1, -0.05) is 12.1 Å². The molecule has 0 N–H and O–H groups in total. The van der Waals surface area contributed by atoms with Crippen molar-refractivity contribution in [1.29, 1.82) is 0 Å². The fraction of sp³-hybridized carbons (Fsp3) is 0. The van der Waals surface area contributed by atoms with Crippen LogP contribution in [0, 0.1) is 6.67 Å². The van der Waals surface area contributed by atoms with Gasteiger partial charge >= 0.3 is 0 Å². The van der Waals surface area contributed by atoms with Gasteiger partial charge < -0.3 is 0 Å². The van der Waals surface area contributed by atoms with E-state index in [1.165, 1.54) is 34.6 Å². The summed E-state index contributed by atoms with van der Waals surface area (Å²) in [4.78, 5) is 34.6. The number of carbonyl (C=O) groups excluding carboxylic acids is 2. The zero-order chi connectivity index (χ0) is 14.7. The molecule has 0 unspecified atom stereocenters. The van der Waals surface area contributed by atoms with Crippen molar-refractivity contribution in [2.45, 2.75) is 0 Å². The summed E-state index contributed by atoms with van der Waals surface area (Å²) in [6.45, 7) is 2.66. The molecule has 3 rings (SSSR count). The quantitative estimate of drug-likeness (QED) is 0.835. The van der Waals surface area contributed by atoms with Crippen molar-refractivity contribution in [3.05, 3.63) is 79.2 Å². The Balaban J connectivity index is 1.71. The van der Waals surface area contributed by atoms with Crippen molar-refractivity contribution < 1.29 is 9.59 Å². The highest BCUT2D eigenvalue weighted by Crippen LogP contribution is 2.16.